The van der Waals surface area contributed by atoms with Gasteiger partial charge in [-0.2, -0.15) is 0 Å². The van der Waals surface area contributed by atoms with Gasteiger partial charge in [0.15, 0.2) is 5.76 Å². The minimum Gasteiger partial charge on any atom is -0.459 e. The molecule has 0 bridgehead atoms. The number of rotatable bonds is 4. The van der Waals surface area contributed by atoms with Gasteiger partial charge in [-0.25, -0.2) is 0 Å². The third kappa shape index (κ3) is 4.98. The van der Waals surface area contributed by atoms with E-state index < -0.39 is 0 Å². The van der Waals surface area contributed by atoms with Crippen LogP contribution in [0.15, 0.2) is 41.0 Å². The van der Waals surface area contributed by atoms with Crippen LogP contribution in [0, 0.1) is 5.92 Å². The second-order valence-electron chi connectivity index (χ2n) is 5.64. The lowest BCUT2D eigenvalue weighted by Gasteiger charge is -2.21. The number of amides is 2. The Morgan fingerprint density at radius 3 is 2.56 bits per heavy atom. The summed E-state index contributed by atoms with van der Waals surface area (Å²) < 4.78 is 5.03. The first-order valence-corrected chi connectivity index (χ1v) is 8.17. The summed E-state index contributed by atoms with van der Waals surface area (Å²) in [4.78, 5) is 24.2. The summed E-state index contributed by atoms with van der Waals surface area (Å²) in [5.74, 6) is -0.161. The third-order valence-electron chi connectivity index (χ3n) is 3.94. The Bertz CT molecular complexity index is 729. The van der Waals surface area contributed by atoms with E-state index in [-0.39, 0.29) is 35.9 Å². The molecule has 134 valence electrons. The molecule has 0 unspecified atom stereocenters. The highest BCUT2D eigenvalue weighted by atomic mass is 35.5. The molecule has 1 aliphatic rings. The number of furan rings is 1. The summed E-state index contributed by atoms with van der Waals surface area (Å²) in [6.45, 7) is 1.72. The molecule has 2 aromatic rings. The van der Waals surface area contributed by atoms with Gasteiger partial charge < -0.3 is 20.4 Å². The van der Waals surface area contributed by atoms with Gasteiger partial charge in [0, 0.05) is 11.6 Å². The molecule has 0 spiro atoms. The van der Waals surface area contributed by atoms with E-state index in [4.69, 9.17) is 16.0 Å². The Morgan fingerprint density at radius 2 is 1.92 bits per heavy atom. The molecule has 6 nitrogen and oxygen atoms in total. The number of nitrogens with one attached hydrogen (secondary N) is 3. The van der Waals surface area contributed by atoms with E-state index in [0.717, 1.165) is 25.9 Å². The van der Waals surface area contributed by atoms with Crippen molar-refractivity contribution in [2.24, 2.45) is 5.92 Å². The molecule has 8 heteroatoms. The Kier molecular flexibility index (Phi) is 6.87. The van der Waals surface area contributed by atoms with Crippen molar-refractivity contribution in [2.45, 2.75) is 12.8 Å². The maximum atomic E-state index is 12.2. The Labute approximate surface area is 156 Å². The standard InChI is InChI=1S/C17H18ClN3O3.ClH/c18-13-10-12(20-16(22)11-5-7-19-8-6-11)3-4-14(13)21-17(23)15-2-1-9-24-15;/h1-4,9-11,19H,5-8H2,(H,20,22)(H,21,23);1H. The van der Waals surface area contributed by atoms with Crippen LogP contribution in [0.5, 0.6) is 0 Å². The minimum atomic E-state index is -0.381. The van der Waals surface area contributed by atoms with Crippen LogP contribution >= 0.6 is 24.0 Å². The van der Waals surface area contributed by atoms with Crippen LogP contribution in [0.4, 0.5) is 11.4 Å². The fraction of sp³-hybridized carbons (Fsp3) is 0.294. The topological polar surface area (TPSA) is 83.4 Å². The van der Waals surface area contributed by atoms with Crippen molar-refractivity contribution >= 4 is 47.2 Å². The van der Waals surface area contributed by atoms with Crippen LogP contribution < -0.4 is 16.0 Å². The fourth-order valence-corrected chi connectivity index (χ4v) is 2.84. The molecule has 3 N–H and O–H groups in total. The molecule has 0 radical (unpaired) electrons. The van der Waals surface area contributed by atoms with Crippen molar-refractivity contribution in [3.8, 4) is 0 Å². The number of hydrogen-bond donors (Lipinski definition) is 3. The molecule has 2 heterocycles. The first kappa shape index (κ1) is 19.3. The zero-order valence-corrected chi connectivity index (χ0v) is 15.0. The quantitative estimate of drug-likeness (QED) is 0.753. The lowest BCUT2D eigenvalue weighted by Crippen LogP contribution is -2.34. The number of piperidine rings is 1. The molecule has 25 heavy (non-hydrogen) atoms. The van der Waals surface area contributed by atoms with Crippen LogP contribution in [0.3, 0.4) is 0 Å². The monoisotopic (exact) mass is 383 g/mol. The van der Waals surface area contributed by atoms with Crippen molar-refractivity contribution in [1.29, 1.82) is 0 Å². The maximum absolute atomic E-state index is 12.2. The normalized spacial score (nSPS) is 14.4. The Morgan fingerprint density at radius 1 is 1.16 bits per heavy atom. The number of halogens is 2. The lowest BCUT2D eigenvalue weighted by molar-refractivity contribution is -0.120. The van der Waals surface area contributed by atoms with Crippen LogP contribution in [0.1, 0.15) is 23.4 Å². The zero-order chi connectivity index (χ0) is 16.9. The number of carbonyl (C=O) groups excluding carboxylic acids is 2. The largest absolute Gasteiger partial charge is 0.459 e. The van der Waals surface area contributed by atoms with Gasteiger partial charge in [0.05, 0.1) is 17.0 Å². The molecule has 0 saturated carbocycles. The van der Waals surface area contributed by atoms with Gasteiger partial charge in [-0.05, 0) is 56.3 Å². The average Bonchev–Trinajstić information content (AvgIpc) is 3.13. The SMILES string of the molecule is Cl.O=C(Nc1ccc(NC(=O)C2CCNCC2)cc1Cl)c1ccco1. The third-order valence-corrected chi connectivity index (χ3v) is 4.25. The lowest BCUT2D eigenvalue weighted by atomic mass is 9.97. The molecule has 1 fully saturated rings. The Hall–Kier alpha value is -2.02. The molecule has 2 amide bonds. The van der Waals surface area contributed by atoms with Gasteiger partial charge in [-0.1, -0.05) is 11.6 Å². The van der Waals surface area contributed by atoms with Gasteiger partial charge in [0.2, 0.25) is 5.91 Å². The molecule has 0 aliphatic carbocycles. The average molecular weight is 384 g/mol. The van der Waals surface area contributed by atoms with E-state index in [9.17, 15) is 9.59 Å². The van der Waals surface area contributed by atoms with Gasteiger partial charge in [0.1, 0.15) is 0 Å². The number of anilines is 2. The summed E-state index contributed by atoms with van der Waals surface area (Å²) in [6.07, 6.45) is 3.09. The second-order valence-corrected chi connectivity index (χ2v) is 6.05. The number of hydrogen-bond acceptors (Lipinski definition) is 4. The van der Waals surface area contributed by atoms with Crippen molar-refractivity contribution < 1.29 is 14.0 Å². The molecular weight excluding hydrogens is 365 g/mol. The molecule has 1 saturated heterocycles. The highest BCUT2D eigenvalue weighted by Gasteiger charge is 2.21. The summed E-state index contributed by atoms with van der Waals surface area (Å²) >= 11 is 6.20. The summed E-state index contributed by atoms with van der Waals surface area (Å²) in [5.41, 5.74) is 1.07. The van der Waals surface area contributed by atoms with E-state index in [1.54, 1.807) is 30.3 Å². The predicted octanol–water partition coefficient (Wildman–Crippen LogP) is 3.55. The van der Waals surface area contributed by atoms with E-state index >= 15 is 0 Å². The number of carbonyl (C=O) groups is 2. The van der Waals surface area contributed by atoms with Crippen molar-refractivity contribution in [3.63, 3.8) is 0 Å². The molecule has 1 aromatic carbocycles. The van der Waals surface area contributed by atoms with Gasteiger partial charge in [-0.15, -0.1) is 12.4 Å². The Balaban J connectivity index is 0.00000225. The van der Waals surface area contributed by atoms with E-state index in [1.807, 2.05) is 0 Å². The van der Waals surface area contributed by atoms with Gasteiger partial charge in [-0.3, -0.25) is 9.59 Å². The molecule has 0 atom stereocenters. The summed E-state index contributed by atoms with van der Waals surface area (Å²) in [5, 5.41) is 9.13. The first-order valence-electron chi connectivity index (χ1n) is 7.79. The fourth-order valence-electron chi connectivity index (χ4n) is 2.61. The smallest absolute Gasteiger partial charge is 0.291 e. The predicted molar refractivity (Wildman–Crippen MR) is 99.6 cm³/mol. The molecule has 1 aromatic heterocycles. The highest BCUT2D eigenvalue weighted by Crippen LogP contribution is 2.27. The number of benzene rings is 1. The van der Waals surface area contributed by atoms with Crippen LogP contribution in [0.2, 0.25) is 5.02 Å². The van der Waals surface area contributed by atoms with E-state index in [1.165, 1.54) is 6.26 Å². The van der Waals surface area contributed by atoms with Crippen molar-refractivity contribution in [2.75, 3.05) is 23.7 Å². The second kappa shape index (κ2) is 8.89. The van der Waals surface area contributed by atoms with E-state index in [0.29, 0.717) is 16.4 Å². The molecule has 1 aliphatic heterocycles. The summed E-state index contributed by atoms with van der Waals surface area (Å²) in [7, 11) is 0. The van der Waals surface area contributed by atoms with Gasteiger partial charge >= 0.3 is 0 Å². The van der Waals surface area contributed by atoms with E-state index in [2.05, 4.69) is 16.0 Å². The van der Waals surface area contributed by atoms with Gasteiger partial charge in [0.25, 0.3) is 5.91 Å². The zero-order valence-electron chi connectivity index (χ0n) is 13.4. The first-order chi connectivity index (χ1) is 11.6. The highest BCUT2D eigenvalue weighted by molar-refractivity contribution is 6.34. The van der Waals surface area contributed by atoms with Crippen LogP contribution in [0.25, 0.3) is 0 Å². The molecule has 3 rings (SSSR count). The van der Waals surface area contributed by atoms with Crippen molar-refractivity contribution in [3.05, 3.63) is 47.4 Å². The molecular formula is C17H19Cl2N3O3. The summed E-state index contributed by atoms with van der Waals surface area (Å²) in [6, 6.07) is 8.19. The minimum absolute atomic E-state index is 0. The maximum Gasteiger partial charge on any atom is 0.291 e. The van der Waals surface area contributed by atoms with Crippen molar-refractivity contribution in [1.82, 2.24) is 5.32 Å². The van der Waals surface area contributed by atoms with Crippen LogP contribution in [-0.2, 0) is 4.79 Å². The van der Waals surface area contributed by atoms with Crippen LogP contribution in [-0.4, -0.2) is 24.9 Å².